The van der Waals surface area contributed by atoms with E-state index in [1.807, 2.05) is 51.1 Å². The Morgan fingerprint density at radius 2 is 1.87 bits per heavy atom. The lowest BCUT2D eigenvalue weighted by Gasteiger charge is -2.38. The number of hydrogen-bond donors (Lipinski definition) is 2. The fraction of sp³-hybridized carbons (Fsp3) is 0.579. The highest BCUT2D eigenvalue weighted by molar-refractivity contribution is 5.84. The number of hydrogen-bond acceptors (Lipinski definition) is 2. The number of carboxylic acids is 1. The van der Waals surface area contributed by atoms with Crippen LogP contribution in [0.25, 0.3) is 0 Å². The van der Waals surface area contributed by atoms with Crippen LogP contribution in [0.4, 0.5) is 0 Å². The molecule has 0 heterocycles. The highest BCUT2D eigenvalue weighted by atomic mass is 16.4. The molecule has 0 bridgehead atoms. The molecule has 1 unspecified atom stereocenters. The quantitative estimate of drug-likeness (QED) is 0.876. The second kappa shape index (κ2) is 6.34. The molecule has 126 valence electrons. The first-order valence-corrected chi connectivity index (χ1v) is 8.26. The maximum absolute atomic E-state index is 12.7. The van der Waals surface area contributed by atoms with Gasteiger partial charge in [-0.05, 0) is 44.1 Å². The molecule has 2 N–H and O–H groups in total. The van der Waals surface area contributed by atoms with E-state index in [4.69, 9.17) is 0 Å². The third-order valence-corrected chi connectivity index (χ3v) is 5.79. The van der Waals surface area contributed by atoms with Crippen molar-refractivity contribution in [3.05, 3.63) is 35.9 Å². The van der Waals surface area contributed by atoms with Crippen LogP contribution in [0.5, 0.6) is 0 Å². The number of carbonyl (C=O) groups excluding carboxylic acids is 1. The molecule has 0 aliphatic heterocycles. The molecule has 1 aliphatic rings. The van der Waals surface area contributed by atoms with Crippen LogP contribution in [0.3, 0.4) is 0 Å². The van der Waals surface area contributed by atoms with Crippen molar-refractivity contribution >= 4 is 11.9 Å². The van der Waals surface area contributed by atoms with Gasteiger partial charge in [-0.3, -0.25) is 9.59 Å². The molecule has 1 aliphatic carbocycles. The largest absolute Gasteiger partial charge is 0.481 e. The Kier molecular flexibility index (Phi) is 4.83. The van der Waals surface area contributed by atoms with Crippen LogP contribution in [0, 0.1) is 16.7 Å². The van der Waals surface area contributed by atoms with Gasteiger partial charge in [-0.1, -0.05) is 44.2 Å². The number of carboxylic acid groups (broad SMARTS) is 1. The molecular formula is C19H27NO3. The minimum absolute atomic E-state index is 0.0246. The van der Waals surface area contributed by atoms with Gasteiger partial charge in [0.2, 0.25) is 5.91 Å². The number of aliphatic carboxylic acids is 1. The second-order valence-electron chi connectivity index (χ2n) is 7.55. The summed E-state index contributed by atoms with van der Waals surface area (Å²) in [5.41, 5.74) is -0.228. The average Bonchev–Trinajstić information content (AvgIpc) is 2.71. The Bertz CT molecular complexity index is 582. The molecule has 0 saturated heterocycles. The first kappa shape index (κ1) is 17.5. The molecule has 23 heavy (non-hydrogen) atoms. The zero-order valence-corrected chi connectivity index (χ0v) is 14.4. The van der Waals surface area contributed by atoms with Gasteiger partial charge in [0.05, 0.1) is 5.41 Å². The summed E-state index contributed by atoms with van der Waals surface area (Å²) in [6, 6.07) is 10.1. The molecule has 1 aromatic rings. The first-order valence-electron chi connectivity index (χ1n) is 8.26. The van der Waals surface area contributed by atoms with Gasteiger partial charge in [0.1, 0.15) is 0 Å². The molecule has 0 spiro atoms. The van der Waals surface area contributed by atoms with Crippen molar-refractivity contribution < 1.29 is 14.7 Å². The van der Waals surface area contributed by atoms with Gasteiger partial charge in [-0.15, -0.1) is 0 Å². The summed E-state index contributed by atoms with van der Waals surface area (Å²) in [7, 11) is 0. The van der Waals surface area contributed by atoms with Gasteiger partial charge in [0, 0.05) is 12.0 Å². The van der Waals surface area contributed by atoms with Crippen molar-refractivity contribution in [3.63, 3.8) is 0 Å². The maximum Gasteiger partial charge on any atom is 0.309 e. The molecule has 4 heteroatoms. The zero-order valence-electron chi connectivity index (χ0n) is 14.4. The fourth-order valence-electron chi connectivity index (χ4n) is 3.70. The third kappa shape index (κ3) is 3.26. The lowest BCUT2D eigenvalue weighted by atomic mass is 9.65. The minimum atomic E-state index is -0.850. The topological polar surface area (TPSA) is 66.4 Å². The van der Waals surface area contributed by atoms with Crippen LogP contribution < -0.4 is 5.32 Å². The van der Waals surface area contributed by atoms with Crippen LogP contribution in [0.15, 0.2) is 30.3 Å². The fourth-order valence-corrected chi connectivity index (χ4v) is 3.70. The average molecular weight is 317 g/mol. The van der Waals surface area contributed by atoms with Gasteiger partial charge in [-0.25, -0.2) is 0 Å². The normalized spacial score (nSPS) is 27.4. The highest BCUT2D eigenvalue weighted by Crippen LogP contribution is 2.56. The van der Waals surface area contributed by atoms with E-state index in [0.717, 1.165) is 6.42 Å². The predicted molar refractivity (Wildman–Crippen MR) is 90.0 cm³/mol. The number of benzene rings is 1. The Hall–Kier alpha value is -1.84. The molecule has 2 rings (SSSR count). The van der Waals surface area contributed by atoms with Crippen molar-refractivity contribution in [2.45, 2.75) is 53.0 Å². The van der Waals surface area contributed by atoms with E-state index in [9.17, 15) is 14.7 Å². The molecule has 0 radical (unpaired) electrons. The van der Waals surface area contributed by atoms with E-state index >= 15 is 0 Å². The predicted octanol–water partition coefficient (Wildman–Crippen LogP) is 3.26. The summed E-state index contributed by atoms with van der Waals surface area (Å²) in [6.07, 6.45) is 1.94. The van der Waals surface area contributed by atoms with Crippen LogP contribution >= 0.6 is 0 Å². The van der Waals surface area contributed by atoms with Crippen LogP contribution in [0.1, 0.15) is 46.1 Å². The first-order chi connectivity index (χ1) is 10.7. The van der Waals surface area contributed by atoms with E-state index in [1.165, 1.54) is 5.56 Å². The van der Waals surface area contributed by atoms with Crippen LogP contribution in [-0.4, -0.2) is 23.0 Å². The van der Waals surface area contributed by atoms with Gasteiger partial charge < -0.3 is 10.4 Å². The van der Waals surface area contributed by atoms with E-state index in [1.54, 1.807) is 6.92 Å². The Balaban J connectivity index is 2.02. The van der Waals surface area contributed by atoms with E-state index < -0.39 is 16.8 Å². The van der Waals surface area contributed by atoms with Crippen molar-refractivity contribution in [1.82, 2.24) is 5.32 Å². The molecule has 1 aromatic carbocycles. The summed E-state index contributed by atoms with van der Waals surface area (Å²) < 4.78 is 0. The van der Waals surface area contributed by atoms with Gasteiger partial charge in [0.15, 0.2) is 0 Å². The SMILES string of the molecule is CC(Cc1ccccc1)NC(=O)[C@@H]1CC[C@](C)(C(=O)O)C1(C)C. The van der Waals surface area contributed by atoms with Crippen molar-refractivity contribution in [2.75, 3.05) is 0 Å². The Labute approximate surface area is 138 Å². The Morgan fingerprint density at radius 3 is 2.39 bits per heavy atom. The zero-order chi connectivity index (χ0) is 17.3. The summed E-state index contributed by atoms with van der Waals surface area (Å²) >= 11 is 0. The van der Waals surface area contributed by atoms with Gasteiger partial charge in [0.25, 0.3) is 0 Å². The number of amides is 1. The lowest BCUT2D eigenvalue weighted by molar-refractivity contribution is -0.155. The van der Waals surface area contributed by atoms with Crippen molar-refractivity contribution in [2.24, 2.45) is 16.7 Å². The summed E-state index contributed by atoms with van der Waals surface area (Å²) in [5, 5.41) is 12.6. The minimum Gasteiger partial charge on any atom is -0.481 e. The monoisotopic (exact) mass is 317 g/mol. The van der Waals surface area contributed by atoms with Crippen LogP contribution in [-0.2, 0) is 16.0 Å². The third-order valence-electron chi connectivity index (χ3n) is 5.79. The van der Waals surface area contributed by atoms with E-state index in [-0.39, 0.29) is 17.9 Å². The number of rotatable bonds is 5. The summed E-state index contributed by atoms with van der Waals surface area (Å²) in [6.45, 7) is 7.56. The Morgan fingerprint density at radius 1 is 1.26 bits per heavy atom. The molecule has 0 aromatic heterocycles. The standard InChI is InChI=1S/C19H27NO3/c1-13(12-14-8-6-5-7-9-14)20-16(21)15-10-11-19(4,17(22)23)18(15,2)3/h5-9,13,15H,10-12H2,1-4H3,(H,20,21)(H,22,23)/t13?,15-,19+/m0/s1. The van der Waals surface area contributed by atoms with E-state index in [0.29, 0.717) is 12.8 Å². The molecule has 4 nitrogen and oxygen atoms in total. The van der Waals surface area contributed by atoms with E-state index in [2.05, 4.69) is 5.32 Å². The van der Waals surface area contributed by atoms with Gasteiger partial charge in [-0.2, -0.15) is 0 Å². The maximum atomic E-state index is 12.7. The highest BCUT2D eigenvalue weighted by Gasteiger charge is 2.58. The number of nitrogens with one attached hydrogen (secondary N) is 1. The van der Waals surface area contributed by atoms with Crippen molar-refractivity contribution in [3.8, 4) is 0 Å². The number of carbonyl (C=O) groups is 2. The van der Waals surface area contributed by atoms with Gasteiger partial charge >= 0.3 is 5.97 Å². The lowest BCUT2D eigenvalue weighted by Crippen LogP contribution is -2.47. The molecular weight excluding hydrogens is 290 g/mol. The van der Waals surface area contributed by atoms with Crippen molar-refractivity contribution in [1.29, 1.82) is 0 Å². The second-order valence-corrected chi connectivity index (χ2v) is 7.55. The molecule has 1 saturated carbocycles. The smallest absolute Gasteiger partial charge is 0.309 e. The molecule has 1 amide bonds. The molecule has 3 atom stereocenters. The van der Waals surface area contributed by atoms with Crippen LogP contribution in [0.2, 0.25) is 0 Å². The molecule has 1 fully saturated rings. The summed E-state index contributed by atoms with van der Waals surface area (Å²) in [4.78, 5) is 24.3. The summed E-state index contributed by atoms with van der Waals surface area (Å²) in [5.74, 6) is -1.10.